The third-order valence-corrected chi connectivity index (χ3v) is 5.54. The molecule has 0 aliphatic heterocycles. The molecule has 0 bridgehead atoms. The Morgan fingerprint density at radius 3 is 2.05 bits per heavy atom. The van der Waals surface area contributed by atoms with Crippen LogP contribution in [0.15, 0.2) is 12.2 Å². The van der Waals surface area contributed by atoms with E-state index in [4.69, 9.17) is 6.42 Å². The fourth-order valence-corrected chi connectivity index (χ4v) is 4.20. The van der Waals surface area contributed by atoms with Gasteiger partial charge in [0.1, 0.15) is 0 Å². The van der Waals surface area contributed by atoms with Crippen molar-refractivity contribution in [1.29, 1.82) is 0 Å². The maximum atomic E-state index is 5.55. The van der Waals surface area contributed by atoms with Crippen LogP contribution in [0.4, 0.5) is 0 Å². The Morgan fingerprint density at radius 2 is 1.53 bits per heavy atom. The summed E-state index contributed by atoms with van der Waals surface area (Å²) in [5.74, 6) is 6.58. The van der Waals surface area contributed by atoms with E-state index >= 15 is 0 Å². The van der Waals surface area contributed by atoms with Crippen LogP contribution < -0.4 is 0 Å². The molecule has 19 heavy (non-hydrogen) atoms. The minimum atomic E-state index is 0.591. The van der Waals surface area contributed by atoms with E-state index in [0.717, 1.165) is 17.8 Å². The lowest BCUT2D eigenvalue weighted by molar-refractivity contribution is 0.154. The second-order valence-corrected chi connectivity index (χ2v) is 6.71. The van der Waals surface area contributed by atoms with Crippen molar-refractivity contribution < 1.29 is 0 Å². The quantitative estimate of drug-likeness (QED) is 0.455. The summed E-state index contributed by atoms with van der Waals surface area (Å²) in [6.07, 6.45) is 24.1. The molecule has 0 N–H and O–H groups in total. The third-order valence-electron chi connectivity index (χ3n) is 5.54. The van der Waals surface area contributed by atoms with Gasteiger partial charge in [-0.1, -0.05) is 25.0 Å². The van der Waals surface area contributed by atoms with Gasteiger partial charge in [0, 0.05) is 5.92 Å². The average Bonchev–Trinajstić information content (AvgIpc) is 2.48. The SMILES string of the molecule is C#CC1CCC(C2CCC(CC/C=C/C)CC2)CC1. The van der Waals surface area contributed by atoms with E-state index in [1.54, 1.807) is 0 Å². The van der Waals surface area contributed by atoms with Crippen molar-refractivity contribution in [3.63, 3.8) is 0 Å². The highest BCUT2D eigenvalue weighted by molar-refractivity contribution is 4.96. The summed E-state index contributed by atoms with van der Waals surface area (Å²) in [6, 6.07) is 0. The van der Waals surface area contributed by atoms with Gasteiger partial charge in [-0.15, -0.1) is 12.3 Å². The van der Waals surface area contributed by atoms with Gasteiger partial charge in [-0.2, -0.15) is 0 Å². The lowest BCUT2D eigenvalue weighted by atomic mass is 9.69. The van der Waals surface area contributed by atoms with Crippen LogP contribution in [0.25, 0.3) is 0 Å². The van der Waals surface area contributed by atoms with Crippen LogP contribution in [-0.4, -0.2) is 0 Å². The highest BCUT2D eigenvalue weighted by Gasteiger charge is 2.30. The summed E-state index contributed by atoms with van der Waals surface area (Å²) in [4.78, 5) is 0. The molecular weight excluding hydrogens is 228 g/mol. The van der Waals surface area contributed by atoms with Crippen LogP contribution in [0.5, 0.6) is 0 Å². The molecule has 0 nitrogen and oxygen atoms in total. The highest BCUT2D eigenvalue weighted by atomic mass is 14.3. The number of hydrogen-bond donors (Lipinski definition) is 0. The van der Waals surface area contributed by atoms with Crippen molar-refractivity contribution in [2.24, 2.45) is 23.7 Å². The summed E-state index contributed by atoms with van der Waals surface area (Å²) in [6.45, 7) is 2.13. The van der Waals surface area contributed by atoms with Gasteiger partial charge in [-0.3, -0.25) is 0 Å². The summed E-state index contributed by atoms with van der Waals surface area (Å²) in [5.41, 5.74) is 0. The third kappa shape index (κ3) is 4.41. The van der Waals surface area contributed by atoms with Gasteiger partial charge in [0.15, 0.2) is 0 Å². The smallest absolute Gasteiger partial charge is 0.0200 e. The molecule has 0 unspecified atom stereocenters. The minimum absolute atomic E-state index is 0.591. The van der Waals surface area contributed by atoms with Crippen molar-refractivity contribution in [3.05, 3.63) is 12.2 Å². The molecule has 0 spiro atoms. The Labute approximate surface area is 120 Å². The van der Waals surface area contributed by atoms with Crippen molar-refractivity contribution in [3.8, 4) is 12.3 Å². The first-order valence-corrected chi connectivity index (χ1v) is 8.40. The number of allylic oxidation sites excluding steroid dienone is 2. The van der Waals surface area contributed by atoms with Crippen molar-refractivity contribution in [2.45, 2.75) is 71.1 Å². The predicted molar refractivity (Wildman–Crippen MR) is 83.8 cm³/mol. The van der Waals surface area contributed by atoms with Gasteiger partial charge in [0.25, 0.3) is 0 Å². The molecule has 0 heteroatoms. The van der Waals surface area contributed by atoms with Crippen molar-refractivity contribution >= 4 is 0 Å². The Balaban J connectivity index is 1.67. The Hall–Kier alpha value is -0.700. The molecule has 2 aliphatic rings. The Bertz CT molecular complexity index is 303. The zero-order chi connectivity index (χ0) is 13.5. The molecule has 0 radical (unpaired) electrons. The molecule has 0 atom stereocenters. The van der Waals surface area contributed by atoms with Gasteiger partial charge < -0.3 is 0 Å². The molecule has 2 saturated carbocycles. The van der Waals surface area contributed by atoms with Crippen molar-refractivity contribution in [2.75, 3.05) is 0 Å². The maximum absolute atomic E-state index is 5.55. The molecule has 0 aromatic heterocycles. The van der Waals surface area contributed by atoms with Crippen LogP contribution in [0.2, 0.25) is 0 Å². The maximum Gasteiger partial charge on any atom is 0.0200 e. The second-order valence-electron chi connectivity index (χ2n) is 6.71. The fourth-order valence-electron chi connectivity index (χ4n) is 4.20. The van der Waals surface area contributed by atoms with E-state index in [2.05, 4.69) is 25.0 Å². The number of hydrogen-bond acceptors (Lipinski definition) is 0. The molecule has 0 aromatic carbocycles. The standard InChI is InChI=1S/C19H30/c1-3-5-6-7-17-10-14-19(15-11-17)18-12-8-16(4-2)9-13-18/h2-3,5,16-19H,6-15H2,1H3/b5-3+. The number of rotatable bonds is 4. The molecule has 0 heterocycles. The average molecular weight is 258 g/mol. The molecule has 2 rings (SSSR count). The van der Waals surface area contributed by atoms with E-state index in [-0.39, 0.29) is 0 Å². The minimum Gasteiger partial charge on any atom is -0.120 e. The van der Waals surface area contributed by atoms with Crippen LogP contribution in [-0.2, 0) is 0 Å². The normalized spacial score (nSPS) is 36.2. The van der Waals surface area contributed by atoms with Gasteiger partial charge >= 0.3 is 0 Å². The first-order valence-electron chi connectivity index (χ1n) is 8.40. The Kier molecular flexibility index (Phi) is 6.02. The van der Waals surface area contributed by atoms with E-state index in [1.807, 2.05) is 0 Å². The predicted octanol–water partition coefficient (Wildman–Crippen LogP) is 5.59. The topological polar surface area (TPSA) is 0 Å². The molecule has 0 aromatic rings. The molecule has 2 fully saturated rings. The highest BCUT2D eigenvalue weighted by Crippen LogP contribution is 2.42. The molecular formula is C19H30. The fraction of sp³-hybridized carbons (Fsp3) is 0.789. The van der Waals surface area contributed by atoms with Crippen LogP contribution in [0.3, 0.4) is 0 Å². The first-order chi connectivity index (χ1) is 9.33. The lowest BCUT2D eigenvalue weighted by Crippen LogP contribution is -2.25. The largest absolute Gasteiger partial charge is 0.120 e. The summed E-state index contributed by atoms with van der Waals surface area (Å²) < 4.78 is 0. The zero-order valence-corrected chi connectivity index (χ0v) is 12.6. The zero-order valence-electron chi connectivity index (χ0n) is 12.6. The van der Waals surface area contributed by atoms with E-state index in [1.165, 1.54) is 64.2 Å². The number of terminal acetylenes is 1. The van der Waals surface area contributed by atoms with Gasteiger partial charge in [0.2, 0.25) is 0 Å². The monoisotopic (exact) mass is 258 g/mol. The van der Waals surface area contributed by atoms with E-state index in [0.29, 0.717) is 5.92 Å². The van der Waals surface area contributed by atoms with Gasteiger partial charge in [0.05, 0.1) is 0 Å². The van der Waals surface area contributed by atoms with Gasteiger partial charge in [-0.25, -0.2) is 0 Å². The Morgan fingerprint density at radius 1 is 0.947 bits per heavy atom. The van der Waals surface area contributed by atoms with E-state index < -0.39 is 0 Å². The van der Waals surface area contributed by atoms with Gasteiger partial charge in [-0.05, 0) is 76.0 Å². The second kappa shape index (κ2) is 7.78. The lowest BCUT2D eigenvalue weighted by Gasteiger charge is -2.37. The summed E-state index contributed by atoms with van der Waals surface area (Å²) in [5, 5.41) is 0. The van der Waals surface area contributed by atoms with E-state index in [9.17, 15) is 0 Å². The summed E-state index contributed by atoms with van der Waals surface area (Å²) in [7, 11) is 0. The molecule has 2 aliphatic carbocycles. The van der Waals surface area contributed by atoms with Crippen LogP contribution in [0, 0.1) is 36.0 Å². The van der Waals surface area contributed by atoms with Crippen LogP contribution in [0.1, 0.15) is 71.1 Å². The first kappa shape index (κ1) is 14.7. The summed E-state index contributed by atoms with van der Waals surface area (Å²) >= 11 is 0. The molecule has 0 amide bonds. The molecule has 106 valence electrons. The van der Waals surface area contributed by atoms with Crippen LogP contribution >= 0.6 is 0 Å². The molecule has 0 saturated heterocycles. The van der Waals surface area contributed by atoms with Crippen molar-refractivity contribution in [1.82, 2.24) is 0 Å².